The largest absolute Gasteiger partial charge is 0.497 e. The number of rotatable bonds is 8. The van der Waals surface area contributed by atoms with Gasteiger partial charge in [0.15, 0.2) is 11.0 Å². The zero-order valence-electron chi connectivity index (χ0n) is 18.9. The van der Waals surface area contributed by atoms with Crippen LogP contribution in [0.2, 0.25) is 10.0 Å². The summed E-state index contributed by atoms with van der Waals surface area (Å²) in [5, 5.41) is 14.3. The fraction of sp³-hybridized carbons (Fsp3) is 0.120. The minimum Gasteiger partial charge on any atom is -0.497 e. The van der Waals surface area contributed by atoms with E-state index < -0.39 is 0 Å². The molecule has 0 aliphatic heterocycles. The SMILES string of the molecule is COc1ccc(-n2c(SCC(=O)N/N=C\c3ccc(Cl)cc3Cl)nnc2-c2ccc(C)cc2)cc1. The van der Waals surface area contributed by atoms with E-state index in [0.717, 1.165) is 22.6 Å². The maximum Gasteiger partial charge on any atom is 0.250 e. The van der Waals surface area contributed by atoms with Crippen LogP contribution in [-0.4, -0.2) is 39.7 Å². The second-order valence-corrected chi connectivity index (χ2v) is 9.24. The van der Waals surface area contributed by atoms with Gasteiger partial charge < -0.3 is 4.74 Å². The molecule has 0 aliphatic carbocycles. The Balaban J connectivity index is 1.52. The lowest BCUT2D eigenvalue weighted by Gasteiger charge is -2.11. The molecule has 0 spiro atoms. The Morgan fingerprint density at radius 2 is 1.83 bits per heavy atom. The molecule has 0 aliphatic rings. The summed E-state index contributed by atoms with van der Waals surface area (Å²) in [6.07, 6.45) is 1.47. The van der Waals surface area contributed by atoms with Crippen molar-refractivity contribution in [3.8, 4) is 22.8 Å². The smallest absolute Gasteiger partial charge is 0.250 e. The Morgan fingerprint density at radius 3 is 2.51 bits per heavy atom. The summed E-state index contributed by atoms with van der Waals surface area (Å²) in [5.41, 5.74) is 6.07. The van der Waals surface area contributed by atoms with Gasteiger partial charge in [-0.1, -0.05) is 70.9 Å². The molecule has 1 amide bonds. The standard InChI is InChI=1S/C25H21Cl2N5O2S/c1-16-3-5-17(6-4-16)24-30-31-25(32(24)20-9-11-21(34-2)12-10-20)35-15-23(33)29-28-14-18-7-8-19(26)13-22(18)27/h3-14H,15H2,1-2H3,(H,29,33)/b28-14-. The van der Waals surface area contributed by atoms with Crippen LogP contribution >= 0.6 is 35.0 Å². The fourth-order valence-corrected chi connectivity index (χ4v) is 4.36. The van der Waals surface area contributed by atoms with E-state index >= 15 is 0 Å². The van der Waals surface area contributed by atoms with Crippen molar-refractivity contribution < 1.29 is 9.53 Å². The van der Waals surface area contributed by atoms with Crippen molar-refractivity contribution in [1.29, 1.82) is 0 Å². The summed E-state index contributed by atoms with van der Waals surface area (Å²) in [5.74, 6) is 1.21. The molecule has 178 valence electrons. The van der Waals surface area contributed by atoms with Crippen LogP contribution in [-0.2, 0) is 4.79 Å². The number of thioether (sulfide) groups is 1. The number of hydrazone groups is 1. The second-order valence-electron chi connectivity index (χ2n) is 7.45. The third kappa shape index (κ3) is 6.22. The molecule has 0 fully saturated rings. The Morgan fingerprint density at radius 1 is 1.09 bits per heavy atom. The van der Waals surface area contributed by atoms with Crippen molar-refractivity contribution in [3.05, 3.63) is 87.9 Å². The maximum atomic E-state index is 12.4. The molecule has 0 saturated heterocycles. The molecule has 0 saturated carbocycles. The van der Waals surface area contributed by atoms with Crippen LogP contribution in [0.5, 0.6) is 5.75 Å². The summed E-state index contributed by atoms with van der Waals surface area (Å²) < 4.78 is 7.20. The number of hydrogen-bond acceptors (Lipinski definition) is 6. The van der Waals surface area contributed by atoms with E-state index in [2.05, 4.69) is 20.7 Å². The van der Waals surface area contributed by atoms with Crippen molar-refractivity contribution in [3.63, 3.8) is 0 Å². The van der Waals surface area contributed by atoms with Crippen molar-refractivity contribution in [2.45, 2.75) is 12.1 Å². The highest BCUT2D eigenvalue weighted by atomic mass is 35.5. The van der Waals surface area contributed by atoms with Gasteiger partial charge in [0, 0.05) is 21.8 Å². The molecule has 1 N–H and O–H groups in total. The van der Waals surface area contributed by atoms with E-state index in [4.69, 9.17) is 27.9 Å². The van der Waals surface area contributed by atoms with Crippen molar-refractivity contribution in [1.82, 2.24) is 20.2 Å². The normalized spacial score (nSPS) is 11.1. The van der Waals surface area contributed by atoms with Crippen LogP contribution in [0.15, 0.2) is 77.0 Å². The predicted octanol–water partition coefficient (Wildman–Crippen LogP) is 5.80. The number of carbonyl (C=O) groups excluding carboxylic acids is 1. The lowest BCUT2D eigenvalue weighted by Crippen LogP contribution is -2.20. The Hall–Kier alpha value is -3.33. The Kier molecular flexibility index (Phi) is 8.07. The number of nitrogens with one attached hydrogen (secondary N) is 1. The van der Waals surface area contributed by atoms with Gasteiger partial charge in [-0.3, -0.25) is 9.36 Å². The van der Waals surface area contributed by atoms with Crippen molar-refractivity contribution >= 4 is 47.1 Å². The average Bonchev–Trinajstić information content (AvgIpc) is 3.28. The van der Waals surface area contributed by atoms with Gasteiger partial charge in [0.05, 0.1) is 24.1 Å². The summed E-state index contributed by atoms with van der Waals surface area (Å²) in [6.45, 7) is 2.03. The number of ether oxygens (including phenoxy) is 1. The van der Waals surface area contributed by atoms with Crippen LogP contribution < -0.4 is 10.2 Å². The number of aromatic nitrogens is 3. The van der Waals surface area contributed by atoms with Gasteiger partial charge >= 0.3 is 0 Å². The van der Waals surface area contributed by atoms with Gasteiger partial charge in [-0.15, -0.1) is 10.2 Å². The molecule has 3 aromatic carbocycles. The topological polar surface area (TPSA) is 81.4 Å². The molecule has 0 unspecified atom stereocenters. The maximum absolute atomic E-state index is 12.4. The van der Waals surface area contributed by atoms with Gasteiger partial charge in [-0.2, -0.15) is 5.10 Å². The number of benzene rings is 3. The summed E-state index contributed by atoms with van der Waals surface area (Å²) in [4.78, 5) is 12.4. The van der Waals surface area contributed by atoms with E-state index in [-0.39, 0.29) is 11.7 Å². The molecule has 0 atom stereocenters. The molecular weight excluding hydrogens is 505 g/mol. The zero-order chi connectivity index (χ0) is 24.8. The van der Waals surface area contributed by atoms with E-state index in [1.165, 1.54) is 18.0 Å². The second kappa shape index (κ2) is 11.4. The number of amides is 1. The Bertz CT molecular complexity index is 1360. The number of carbonyl (C=O) groups is 1. The van der Waals surface area contributed by atoms with Crippen LogP contribution in [0.3, 0.4) is 0 Å². The molecule has 7 nitrogen and oxygen atoms in total. The van der Waals surface area contributed by atoms with Gasteiger partial charge in [-0.25, -0.2) is 5.43 Å². The summed E-state index contributed by atoms with van der Waals surface area (Å²) >= 11 is 13.3. The van der Waals surface area contributed by atoms with E-state index in [9.17, 15) is 4.79 Å². The first-order chi connectivity index (χ1) is 16.9. The third-order valence-corrected chi connectivity index (χ3v) is 6.45. The molecule has 4 aromatic rings. The van der Waals surface area contributed by atoms with Gasteiger partial charge in [0.25, 0.3) is 5.91 Å². The van der Waals surface area contributed by atoms with Crippen molar-refractivity contribution in [2.24, 2.45) is 5.10 Å². The van der Waals surface area contributed by atoms with Crippen LogP contribution in [0.1, 0.15) is 11.1 Å². The van der Waals surface area contributed by atoms with Crippen LogP contribution in [0, 0.1) is 6.92 Å². The van der Waals surface area contributed by atoms with E-state index in [1.54, 1.807) is 25.3 Å². The number of hydrogen-bond donors (Lipinski definition) is 1. The van der Waals surface area contributed by atoms with Gasteiger partial charge in [0.1, 0.15) is 5.75 Å². The van der Waals surface area contributed by atoms with E-state index in [1.807, 2.05) is 60.0 Å². The molecule has 0 bridgehead atoms. The molecular formula is C25H21Cl2N5O2S. The first-order valence-corrected chi connectivity index (χ1v) is 12.3. The van der Waals surface area contributed by atoms with Crippen LogP contribution in [0.25, 0.3) is 17.1 Å². The third-order valence-electron chi connectivity index (χ3n) is 4.96. The Labute approximate surface area is 217 Å². The molecule has 4 rings (SSSR count). The quantitative estimate of drug-likeness (QED) is 0.178. The molecule has 10 heteroatoms. The molecule has 1 aromatic heterocycles. The van der Waals surface area contributed by atoms with E-state index in [0.29, 0.717) is 26.6 Å². The zero-order valence-corrected chi connectivity index (χ0v) is 21.2. The van der Waals surface area contributed by atoms with Gasteiger partial charge in [-0.05, 0) is 43.3 Å². The first kappa shape index (κ1) is 24.8. The monoisotopic (exact) mass is 525 g/mol. The number of aryl methyl sites for hydroxylation is 1. The minimum atomic E-state index is -0.294. The van der Waals surface area contributed by atoms with Gasteiger partial charge in [0.2, 0.25) is 0 Å². The number of methoxy groups -OCH3 is 1. The minimum absolute atomic E-state index is 0.0911. The number of nitrogens with zero attached hydrogens (tertiary/aromatic N) is 4. The fourth-order valence-electron chi connectivity index (χ4n) is 3.16. The highest BCUT2D eigenvalue weighted by Crippen LogP contribution is 2.29. The number of halogens is 2. The lowest BCUT2D eigenvalue weighted by atomic mass is 10.1. The molecule has 0 radical (unpaired) electrons. The average molecular weight is 526 g/mol. The molecule has 1 heterocycles. The first-order valence-electron chi connectivity index (χ1n) is 10.5. The highest BCUT2D eigenvalue weighted by molar-refractivity contribution is 7.99. The predicted molar refractivity (Wildman–Crippen MR) is 141 cm³/mol. The highest BCUT2D eigenvalue weighted by Gasteiger charge is 2.17. The lowest BCUT2D eigenvalue weighted by molar-refractivity contribution is -0.118. The summed E-state index contributed by atoms with van der Waals surface area (Å²) in [6, 6.07) is 20.6. The summed E-state index contributed by atoms with van der Waals surface area (Å²) in [7, 11) is 1.62. The molecule has 35 heavy (non-hydrogen) atoms. The van der Waals surface area contributed by atoms with Crippen molar-refractivity contribution in [2.75, 3.05) is 12.9 Å². The van der Waals surface area contributed by atoms with Crippen LogP contribution in [0.4, 0.5) is 0 Å².